The topological polar surface area (TPSA) is 29.3 Å². The minimum atomic E-state index is 0.291. The lowest BCUT2D eigenvalue weighted by molar-refractivity contribution is -0.135. The summed E-state index contributed by atoms with van der Waals surface area (Å²) in [5.74, 6) is 3.12. The maximum atomic E-state index is 6.37. The van der Waals surface area contributed by atoms with Gasteiger partial charge in [-0.3, -0.25) is 4.90 Å². The van der Waals surface area contributed by atoms with E-state index in [9.17, 15) is 0 Å². The van der Waals surface area contributed by atoms with Crippen molar-refractivity contribution in [2.24, 2.45) is 28.9 Å². The molecule has 108 valence electrons. The van der Waals surface area contributed by atoms with Crippen LogP contribution in [0.2, 0.25) is 0 Å². The fraction of sp³-hybridized carbons (Fsp3) is 1.00. The van der Waals surface area contributed by atoms with Crippen LogP contribution in [0.25, 0.3) is 0 Å². The summed E-state index contributed by atoms with van der Waals surface area (Å²) in [5.41, 5.74) is 7.23. The van der Waals surface area contributed by atoms with Gasteiger partial charge in [-0.15, -0.1) is 0 Å². The molecule has 19 heavy (non-hydrogen) atoms. The summed E-state index contributed by atoms with van der Waals surface area (Å²) in [7, 11) is 0. The molecule has 5 fully saturated rings. The van der Waals surface area contributed by atoms with E-state index in [1.807, 2.05) is 0 Å². The molecule has 0 aromatic rings. The average molecular weight is 262 g/mol. The summed E-state index contributed by atoms with van der Waals surface area (Å²) in [5, 5.41) is 0. The molecule has 1 unspecified atom stereocenters. The van der Waals surface area contributed by atoms with Crippen LogP contribution in [0.5, 0.6) is 0 Å². The van der Waals surface area contributed by atoms with E-state index in [1.165, 1.54) is 45.2 Å². The van der Waals surface area contributed by atoms with Gasteiger partial charge in [0.2, 0.25) is 0 Å². The first-order chi connectivity index (χ1) is 9.15. The van der Waals surface area contributed by atoms with Gasteiger partial charge < -0.3 is 5.73 Å². The van der Waals surface area contributed by atoms with E-state index < -0.39 is 0 Å². The summed E-state index contributed by atoms with van der Waals surface area (Å²) in [6, 6.07) is 0. The molecule has 1 atom stereocenters. The van der Waals surface area contributed by atoms with E-state index in [1.54, 1.807) is 19.3 Å². The third-order valence-corrected chi connectivity index (χ3v) is 7.38. The molecule has 0 spiro atoms. The first-order valence-corrected chi connectivity index (χ1v) is 8.60. The Morgan fingerprint density at radius 2 is 1.47 bits per heavy atom. The molecule has 4 saturated carbocycles. The molecule has 5 aliphatic rings. The molecule has 0 radical (unpaired) electrons. The minimum Gasteiger partial charge on any atom is -0.329 e. The zero-order chi connectivity index (χ0) is 13.1. The van der Waals surface area contributed by atoms with Crippen LogP contribution < -0.4 is 5.73 Å². The van der Waals surface area contributed by atoms with Crippen LogP contribution in [-0.2, 0) is 0 Å². The molecule has 4 bridgehead atoms. The SMILES string of the molecule is CC(CN)(N1CCCC1)C12CC3CC(CC(C3)C1)C2. The third kappa shape index (κ3) is 1.68. The first kappa shape index (κ1) is 12.6. The van der Waals surface area contributed by atoms with Crippen LogP contribution in [0.1, 0.15) is 58.3 Å². The van der Waals surface area contributed by atoms with E-state index in [0.29, 0.717) is 11.0 Å². The molecule has 1 saturated heterocycles. The Morgan fingerprint density at radius 1 is 1.00 bits per heavy atom. The largest absolute Gasteiger partial charge is 0.329 e. The lowest BCUT2D eigenvalue weighted by Gasteiger charge is -2.65. The highest BCUT2D eigenvalue weighted by atomic mass is 15.2. The van der Waals surface area contributed by atoms with E-state index in [-0.39, 0.29) is 0 Å². The molecule has 1 aliphatic heterocycles. The van der Waals surface area contributed by atoms with Crippen LogP contribution >= 0.6 is 0 Å². The standard InChI is InChI=1S/C17H30N2/c1-16(12-18,19-4-2-3-5-19)17-9-13-6-14(10-17)8-15(7-13)11-17/h13-15H,2-12,18H2,1H3. The van der Waals surface area contributed by atoms with Crippen molar-refractivity contribution in [3.63, 3.8) is 0 Å². The number of rotatable bonds is 3. The molecule has 2 N–H and O–H groups in total. The van der Waals surface area contributed by atoms with Gasteiger partial charge in [0.1, 0.15) is 0 Å². The summed E-state index contributed by atoms with van der Waals surface area (Å²) in [6.45, 7) is 6.00. The van der Waals surface area contributed by atoms with Gasteiger partial charge in [-0.2, -0.15) is 0 Å². The molecule has 5 rings (SSSR count). The van der Waals surface area contributed by atoms with Gasteiger partial charge in [-0.1, -0.05) is 0 Å². The van der Waals surface area contributed by atoms with Gasteiger partial charge in [-0.25, -0.2) is 0 Å². The van der Waals surface area contributed by atoms with Crippen LogP contribution in [-0.4, -0.2) is 30.1 Å². The maximum Gasteiger partial charge on any atom is 0.0359 e. The predicted octanol–water partition coefficient (Wildman–Crippen LogP) is 3.02. The van der Waals surface area contributed by atoms with Crippen molar-refractivity contribution in [2.45, 2.75) is 63.8 Å². The maximum absolute atomic E-state index is 6.37. The van der Waals surface area contributed by atoms with Gasteiger partial charge in [0.25, 0.3) is 0 Å². The second kappa shape index (κ2) is 4.21. The predicted molar refractivity (Wildman–Crippen MR) is 78.9 cm³/mol. The van der Waals surface area contributed by atoms with Crippen LogP contribution in [0.15, 0.2) is 0 Å². The second-order valence-corrected chi connectivity index (χ2v) is 8.37. The number of hydrogen-bond acceptors (Lipinski definition) is 2. The molecule has 1 heterocycles. The molecule has 0 amide bonds. The average Bonchev–Trinajstić information content (AvgIpc) is 2.90. The Balaban J connectivity index is 1.68. The highest BCUT2D eigenvalue weighted by Crippen LogP contribution is 2.64. The van der Waals surface area contributed by atoms with Crippen molar-refractivity contribution < 1.29 is 0 Å². The third-order valence-electron chi connectivity index (χ3n) is 7.38. The van der Waals surface area contributed by atoms with Gasteiger partial charge in [0, 0.05) is 12.1 Å². The second-order valence-electron chi connectivity index (χ2n) is 8.37. The number of nitrogens with two attached hydrogens (primary N) is 1. The van der Waals surface area contributed by atoms with Crippen LogP contribution in [0.3, 0.4) is 0 Å². The summed E-state index contributed by atoms with van der Waals surface area (Å²) >= 11 is 0. The number of hydrogen-bond donors (Lipinski definition) is 1. The van der Waals surface area contributed by atoms with Crippen molar-refractivity contribution in [1.82, 2.24) is 4.90 Å². The van der Waals surface area contributed by atoms with Crippen molar-refractivity contribution in [3.05, 3.63) is 0 Å². The lowest BCUT2D eigenvalue weighted by Crippen LogP contribution is -2.66. The van der Waals surface area contributed by atoms with Gasteiger partial charge in [0.05, 0.1) is 0 Å². The molecule has 0 aromatic heterocycles. The van der Waals surface area contributed by atoms with E-state index in [0.717, 1.165) is 24.3 Å². The Hall–Kier alpha value is -0.0800. The Morgan fingerprint density at radius 3 is 1.89 bits per heavy atom. The Labute approximate surface area is 118 Å². The molecule has 2 nitrogen and oxygen atoms in total. The fourth-order valence-electron chi connectivity index (χ4n) is 6.66. The van der Waals surface area contributed by atoms with Crippen molar-refractivity contribution in [1.29, 1.82) is 0 Å². The Kier molecular flexibility index (Phi) is 2.80. The highest BCUT2D eigenvalue weighted by molar-refractivity contribution is 5.13. The highest BCUT2D eigenvalue weighted by Gasteiger charge is 2.59. The van der Waals surface area contributed by atoms with E-state index >= 15 is 0 Å². The minimum absolute atomic E-state index is 0.291. The van der Waals surface area contributed by atoms with E-state index in [2.05, 4.69) is 11.8 Å². The zero-order valence-electron chi connectivity index (χ0n) is 12.5. The fourth-order valence-corrected chi connectivity index (χ4v) is 6.66. The molecule has 0 aromatic carbocycles. The van der Waals surface area contributed by atoms with Gasteiger partial charge in [-0.05, 0) is 94.5 Å². The molecular weight excluding hydrogens is 232 g/mol. The summed E-state index contributed by atoms with van der Waals surface area (Å²) < 4.78 is 0. The van der Waals surface area contributed by atoms with Crippen molar-refractivity contribution >= 4 is 0 Å². The summed E-state index contributed by atoms with van der Waals surface area (Å²) in [4.78, 5) is 2.78. The zero-order valence-corrected chi connectivity index (χ0v) is 12.5. The first-order valence-electron chi connectivity index (χ1n) is 8.60. The smallest absolute Gasteiger partial charge is 0.0359 e. The lowest BCUT2D eigenvalue weighted by atomic mass is 9.44. The Bertz CT molecular complexity index is 323. The van der Waals surface area contributed by atoms with Gasteiger partial charge in [0.15, 0.2) is 0 Å². The number of likely N-dealkylation sites (tertiary alicyclic amines) is 1. The molecule has 4 aliphatic carbocycles. The molecule has 2 heteroatoms. The van der Waals surface area contributed by atoms with Crippen LogP contribution in [0, 0.1) is 23.2 Å². The number of nitrogens with zero attached hydrogens (tertiary/aromatic N) is 1. The van der Waals surface area contributed by atoms with Crippen molar-refractivity contribution in [2.75, 3.05) is 19.6 Å². The van der Waals surface area contributed by atoms with Gasteiger partial charge >= 0.3 is 0 Å². The molecular formula is C17H30N2. The van der Waals surface area contributed by atoms with Crippen molar-refractivity contribution in [3.8, 4) is 0 Å². The normalized spacial score (nSPS) is 48.6. The monoisotopic (exact) mass is 262 g/mol. The summed E-state index contributed by atoms with van der Waals surface area (Å²) in [6.07, 6.45) is 11.9. The van der Waals surface area contributed by atoms with E-state index in [4.69, 9.17) is 5.73 Å². The quantitative estimate of drug-likeness (QED) is 0.847. The van der Waals surface area contributed by atoms with Crippen LogP contribution in [0.4, 0.5) is 0 Å².